The SMILES string of the molecule is CCC(C)CC(C(=O)OCC[N+](C)(C)Cc1ccc(C(=O)c2ccccc2)cc1)C(C)CC. The fourth-order valence-corrected chi connectivity index (χ4v) is 4.04. The summed E-state index contributed by atoms with van der Waals surface area (Å²) in [5.74, 6) is 0.839. The molecule has 0 heterocycles. The average molecular weight is 453 g/mol. The maximum Gasteiger partial charge on any atom is 0.309 e. The van der Waals surface area contributed by atoms with Crippen LogP contribution < -0.4 is 0 Å². The number of benzene rings is 2. The largest absolute Gasteiger partial charge is 0.459 e. The molecule has 2 rings (SSSR count). The highest BCUT2D eigenvalue weighted by Gasteiger charge is 2.27. The molecule has 0 N–H and O–H groups in total. The maximum atomic E-state index is 12.8. The maximum absolute atomic E-state index is 12.8. The van der Waals surface area contributed by atoms with Crippen molar-refractivity contribution in [3.05, 3.63) is 71.3 Å². The van der Waals surface area contributed by atoms with Gasteiger partial charge >= 0.3 is 5.97 Å². The molecule has 33 heavy (non-hydrogen) atoms. The molecule has 0 amide bonds. The molecule has 2 aromatic carbocycles. The molecule has 0 bridgehead atoms. The van der Waals surface area contributed by atoms with E-state index in [0.717, 1.165) is 37.9 Å². The first-order valence-electron chi connectivity index (χ1n) is 12.3. The van der Waals surface area contributed by atoms with Gasteiger partial charge in [0.05, 0.1) is 20.0 Å². The first-order valence-corrected chi connectivity index (χ1v) is 12.3. The van der Waals surface area contributed by atoms with Gasteiger partial charge in [0, 0.05) is 16.7 Å². The second-order valence-electron chi connectivity index (χ2n) is 10.1. The van der Waals surface area contributed by atoms with Gasteiger partial charge < -0.3 is 9.22 Å². The summed E-state index contributed by atoms with van der Waals surface area (Å²) in [4.78, 5) is 25.4. The third-order valence-corrected chi connectivity index (χ3v) is 6.79. The lowest BCUT2D eigenvalue weighted by Crippen LogP contribution is -2.42. The van der Waals surface area contributed by atoms with Crippen molar-refractivity contribution < 1.29 is 18.8 Å². The Morgan fingerprint density at radius 1 is 0.879 bits per heavy atom. The van der Waals surface area contributed by atoms with Crippen molar-refractivity contribution >= 4 is 11.8 Å². The van der Waals surface area contributed by atoms with E-state index >= 15 is 0 Å². The number of likely N-dealkylation sites (N-methyl/N-ethyl adjacent to an activating group) is 1. The van der Waals surface area contributed by atoms with Crippen molar-refractivity contribution in [2.45, 2.75) is 53.5 Å². The number of ketones is 1. The van der Waals surface area contributed by atoms with Gasteiger partial charge in [-0.3, -0.25) is 9.59 Å². The Bertz CT molecular complexity index is 873. The monoisotopic (exact) mass is 452 g/mol. The molecule has 0 aliphatic carbocycles. The van der Waals surface area contributed by atoms with Crippen molar-refractivity contribution in [2.24, 2.45) is 17.8 Å². The summed E-state index contributed by atoms with van der Waals surface area (Å²) in [5.41, 5.74) is 2.55. The zero-order valence-corrected chi connectivity index (χ0v) is 21.3. The van der Waals surface area contributed by atoms with E-state index in [0.29, 0.717) is 34.1 Å². The number of carbonyl (C=O) groups excluding carboxylic acids is 2. The number of ether oxygens (including phenoxy) is 1. The summed E-state index contributed by atoms with van der Waals surface area (Å²) >= 11 is 0. The summed E-state index contributed by atoms with van der Waals surface area (Å²) in [7, 11) is 4.28. The molecule has 0 aliphatic heterocycles. The van der Waals surface area contributed by atoms with Crippen LogP contribution in [-0.2, 0) is 16.1 Å². The molecule has 3 atom stereocenters. The van der Waals surface area contributed by atoms with E-state index in [-0.39, 0.29) is 17.7 Å². The fraction of sp³-hybridized carbons (Fsp3) is 0.517. The highest BCUT2D eigenvalue weighted by Crippen LogP contribution is 2.26. The Morgan fingerprint density at radius 2 is 1.48 bits per heavy atom. The Hall–Kier alpha value is -2.46. The van der Waals surface area contributed by atoms with Crippen molar-refractivity contribution in [3.63, 3.8) is 0 Å². The van der Waals surface area contributed by atoms with Gasteiger partial charge in [0.15, 0.2) is 5.78 Å². The minimum atomic E-state index is -0.0478. The minimum Gasteiger partial charge on any atom is -0.459 e. The molecule has 4 heteroatoms. The summed E-state index contributed by atoms with van der Waals surface area (Å²) in [6, 6.07) is 17.2. The van der Waals surface area contributed by atoms with Crippen LogP contribution in [0.4, 0.5) is 0 Å². The summed E-state index contributed by atoms with van der Waals surface area (Å²) in [6.07, 6.45) is 2.97. The van der Waals surface area contributed by atoms with E-state index in [9.17, 15) is 9.59 Å². The topological polar surface area (TPSA) is 43.4 Å². The minimum absolute atomic E-state index is 0.0183. The molecule has 0 radical (unpaired) electrons. The first-order chi connectivity index (χ1) is 15.7. The first kappa shape index (κ1) is 26.8. The second kappa shape index (κ2) is 12.7. The normalized spacial score (nSPS) is 14.4. The molecule has 180 valence electrons. The number of quaternary nitrogens is 1. The van der Waals surface area contributed by atoms with Gasteiger partial charge in [-0.05, 0) is 18.3 Å². The van der Waals surface area contributed by atoms with Gasteiger partial charge in [-0.15, -0.1) is 0 Å². The number of nitrogens with zero attached hydrogens (tertiary/aromatic N) is 1. The fourth-order valence-electron chi connectivity index (χ4n) is 4.04. The predicted molar refractivity (Wildman–Crippen MR) is 135 cm³/mol. The zero-order chi connectivity index (χ0) is 24.4. The van der Waals surface area contributed by atoms with Gasteiger partial charge in [-0.1, -0.05) is 95.1 Å². The molecule has 3 unspecified atom stereocenters. The van der Waals surface area contributed by atoms with Crippen LogP contribution >= 0.6 is 0 Å². The molecule has 0 fully saturated rings. The molecular weight excluding hydrogens is 410 g/mol. The van der Waals surface area contributed by atoms with E-state index in [1.807, 2.05) is 54.6 Å². The van der Waals surface area contributed by atoms with E-state index in [1.165, 1.54) is 0 Å². The van der Waals surface area contributed by atoms with Crippen LogP contribution in [0.5, 0.6) is 0 Å². The summed E-state index contributed by atoms with van der Waals surface area (Å²) in [6.45, 7) is 10.6. The van der Waals surface area contributed by atoms with Crippen molar-refractivity contribution in [2.75, 3.05) is 27.2 Å². The smallest absolute Gasteiger partial charge is 0.309 e. The lowest BCUT2D eigenvalue weighted by atomic mass is 9.84. The predicted octanol–water partition coefficient (Wildman–Crippen LogP) is 6.14. The third-order valence-electron chi connectivity index (χ3n) is 6.79. The number of hydrogen-bond donors (Lipinski definition) is 0. The molecule has 0 spiro atoms. The van der Waals surface area contributed by atoms with Crippen molar-refractivity contribution in [1.82, 2.24) is 0 Å². The Balaban J connectivity index is 1.90. The number of carbonyl (C=O) groups is 2. The Morgan fingerprint density at radius 3 is 2.06 bits per heavy atom. The number of esters is 1. The molecular formula is C29H42NO3+. The van der Waals surface area contributed by atoms with Gasteiger partial charge in [0.25, 0.3) is 0 Å². The van der Waals surface area contributed by atoms with Crippen LogP contribution in [0.2, 0.25) is 0 Å². The Kier molecular flexibility index (Phi) is 10.3. The highest BCUT2D eigenvalue weighted by atomic mass is 16.5. The van der Waals surface area contributed by atoms with Gasteiger partial charge in [0.2, 0.25) is 0 Å². The van der Waals surface area contributed by atoms with Crippen LogP contribution in [0, 0.1) is 17.8 Å². The molecule has 0 saturated heterocycles. The number of rotatable bonds is 13. The van der Waals surface area contributed by atoms with Crippen LogP contribution in [0.25, 0.3) is 0 Å². The van der Waals surface area contributed by atoms with Crippen molar-refractivity contribution in [1.29, 1.82) is 0 Å². The van der Waals surface area contributed by atoms with Crippen LogP contribution in [0.15, 0.2) is 54.6 Å². The molecule has 2 aromatic rings. The lowest BCUT2D eigenvalue weighted by molar-refractivity contribution is -0.903. The highest BCUT2D eigenvalue weighted by molar-refractivity contribution is 6.08. The lowest BCUT2D eigenvalue weighted by Gasteiger charge is -2.30. The van der Waals surface area contributed by atoms with Gasteiger partial charge in [-0.2, -0.15) is 0 Å². The van der Waals surface area contributed by atoms with E-state index < -0.39 is 0 Å². The van der Waals surface area contributed by atoms with Crippen LogP contribution in [0.1, 0.15) is 68.4 Å². The van der Waals surface area contributed by atoms with Gasteiger partial charge in [-0.25, -0.2) is 0 Å². The van der Waals surface area contributed by atoms with E-state index in [2.05, 4.69) is 41.8 Å². The standard InChI is InChI=1S/C29H42NO3/c1-7-22(3)20-27(23(4)8-2)29(32)33-19-18-30(5,6)21-24-14-16-26(17-15-24)28(31)25-12-10-9-11-13-25/h9-17,22-23,27H,7-8,18-21H2,1-6H3/q+1. The average Bonchev–Trinajstić information content (AvgIpc) is 2.81. The summed E-state index contributed by atoms with van der Waals surface area (Å²) in [5, 5.41) is 0. The van der Waals surface area contributed by atoms with Crippen LogP contribution in [0.3, 0.4) is 0 Å². The van der Waals surface area contributed by atoms with E-state index in [4.69, 9.17) is 4.74 Å². The summed E-state index contributed by atoms with van der Waals surface area (Å²) < 4.78 is 6.45. The molecule has 0 aliphatic rings. The van der Waals surface area contributed by atoms with E-state index in [1.54, 1.807) is 0 Å². The second-order valence-corrected chi connectivity index (χ2v) is 10.1. The van der Waals surface area contributed by atoms with Crippen molar-refractivity contribution in [3.8, 4) is 0 Å². The Labute approximate surface area is 200 Å². The zero-order valence-electron chi connectivity index (χ0n) is 21.3. The van der Waals surface area contributed by atoms with Crippen LogP contribution in [-0.4, -0.2) is 43.5 Å². The molecule has 0 saturated carbocycles. The third kappa shape index (κ3) is 8.43. The van der Waals surface area contributed by atoms with Gasteiger partial charge in [0.1, 0.15) is 19.7 Å². The molecule has 4 nitrogen and oxygen atoms in total. The number of hydrogen-bond acceptors (Lipinski definition) is 3. The quantitative estimate of drug-likeness (QED) is 0.208. The molecule has 0 aromatic heterocycles.